The number of carboxylic acid groups (broad SMARTS) is 1. The zero-order valence-corrected chi connectivity index (χ0v) is 10.2. The van der Waals surface area contributed by atoms with Gasteiger partial charge in [0.05, 0.1) is 5.56 Å². The monoisotopic (exact) mass is 233 g/mol. The van der Waals surface area contributed by atoms with Crippen molar-refractivity contribution < 1.29 is 9.90 Å². The molecule has 2 N–H and O–H groups in total. The Labute approximate surface area is 102 Å². The van der Waals surface area contributed by atoms with Gasteiger partial charge in [-0.1, -0.05) is 25.5 Å². The lowest BCUT2D eigenvalue weighted by molar-refractivity contribution is 0.0696. The van der Waals surface area contributed by atoms with Crippen molar-refractivity contribution in [2.24, 2.45) is 5.41 Å². The first-order chi connectivity index (χ1) is 8.09. The van der Waals surface area contributed by atoms with E-state index in [0.717, 1.165) is 18.7 Å². The van der Waals surface area contributed by atoms with E-state index in [9.17, 15) is 4.79 Å². The minimum absolute atomic E-state index is 0.360. The van der Waals surface area contributed by atoms with E-state index in [1.807, 2.05) is 6.07 Å². The van der Waals surface area contributed by atoms with Crippen LogP contribution >= 0.6 is 0 Å². The van der Waals surface area contributed by atoms with Crippen molar-refractivity contribution in [2.75, 3.05) is 6.54 Å². The molecule has 0 radical (unpaired) electrons. The summed E-state index contributed by atoms with van der Waals surface area (Å²) in [5.41, 5.74) is 1.86. The number of aromatic carboxylic acids is 1. The molecular weight excluding hydrogens is 214 g/mol. The van der Waals surface area contributed by atoms with Gasteiger partial charge in [-0.25, -0.2) is 4.79 Å². The molecule has 1 aliphatic rings. The Bertz CT molecular complexity index is 410. The van der Waals surface area contributed by atoms with Gasteiger partial charge in [0.1, 0.15) is 0 Å². The van der Waals surface area contributed by atoms with Crippen LogP contribution in [0.1, 0.15) is 42.1 Å². The van der Waals surface area contributed by atoms with Crippen LogP contribution in [-0.2, 0) is 6.54 Å². The molecule has 0 bridgehead atoms. The molecule has 0 aromatic heterocycles. The quantitative estimate of drug-likeness (QED) is 0.822. The molecule has 92 valence electrons. The molecule has 1 fully saturated rings. The highest BCUT2D eigenvalue weighted by atomic mass is 16.4. The molecule has 3 heteroatoms. The number of carbonyl (C=O) groups is 1. The maximum atomic E-state index is 10.8. The molecule has 0 heterocycles. The number of rotatable bonds is 5. The topological polar surface area (TPSA) is 49.3 Å². The highest BCUT2D eigenvalue weighted by Crippen LogP contribution is 2.39. The molecule has 1 aliphatic carbocycles. The first kappa shape index (κ1) is 12.1. The summed E-state index contributed by atoms with van der Waals surface area (Å²) in [5.74, 6) is -0.863. The van der Waals surface area contributed by atoms with Gasteiger partial charge in [-0.05, 0) is 36.0 Å². The fourth-order valence-corrected chi connectivity index (χ4v) is 2.28. The second-order valence-electron chi connectivity index (χ2n) is 5.27. The summed E-state index contributed by atoms with van der Waals surface area (Å²) in [6.45, 7) is 4.07. The predicted octanol–water partition coefficient (Wildman–Crippen LogP) is 2.66. The van der Waals surface area contributed by atoms with Crippen LogP contribution in [0, 0.1) is 5.41 Å². The van der Waals surface area contributed by atoms with Crippen LogP contribution in [0.25, 0.3) is 0 Å². The summed E-state index contributed by atoms with van der Waals surface area (Å²) in [4.78, 5) is 10.8. The van der Waals surface area contributed by atoms with Gasteiger partial charge in [-0.3, -0.25) is 0 Å². The van der Waals surface area contributed by atoms with Crippen molar-refractivity contribution in [3.05, 3.63) is 35.4 Å². The fourth-order valence-electron chi connectivity index (χ4n) is 2.28. The maximum Gasteiger partial charge on any atom is 0.335 e. The van der Waals surface area contributed by atoms with Crippen LogP contribution in [0.3, 0.4) is 0 Å². The molecule has 0 unspecified atom stereocenters. The van der Waals surface area contributed by atoms with E-state index >= 15 is 0 Å². The summed E-state index contributed by atoms with van der Waals surface area (Å²) in [5, 5.41) is 12.3. The first-order valence-corrected chi connectivity index (χ1v) is 6.12. The number of benzene rings is 1. The Morgan fingerprint density at radius 3 is 2.82 bits per heavy atom. The molecule has 0 aliphatic heterocycles. The number of nitrogens with one attached hydrogen (secondary N) is 1. The standard InChI is InChI=1S/C14H19NO2/c1-14(6-3-7-14)10-15-9-11-4-2-5-12(8-11)13(16)17/h2,4-5,8,15H,3,6-7,9-10H2,1H3,(H,16,17). The molecular formula is C14H19NO2. The summed E-state index contributed by atoms with van der Waals surface area (Å²) in [6, 6.07) is 7.12. The van der Waals surface area contributed by atoms with Crippen molar-refractivity contribution in [3.8, 4) is 0 Å². The van der Waals surface area contributed by atoms with Crippen LogP contribution in [-0.4, -0.2) is 17.6 Å². The van der Waals surface area contributed by atoms with Gasteiger partial charge in [0, 0.05) is 13.1 Å². The third-order valence-electron chi connectivity index (χ3n) is 3.62. The van der Waals surface area contributed by atoms with Crippen LogP contribution < -0.4 is 5.32 Å². The number of carboxylic acids is 1. The van der Waals surface area contributed by atoms with Crippen molar-refractivity contribution in [1.29, 1.82) is 0 Å². The van der Waals surface area contributed by atoms with Crippen molar-refractivity contribution in [3.63, 3.8) is 0 Å². The Morgan fingerprint density at radius 2 is 2.24 bits per heavy atom. The van der Waals surface area contributed by atoms with E-state index in [0.29, 0.717) is 11.0 Å². The molecule has 0 amide bonds. The SMILES string of the molecule is CC1(CNCc2cccc(C(=O)O)c2)CCC1. The lowest BCUT2D eigenvalue weighted by Gasteiger charge is -2.38. The molecule has 3 nitrogen and oxygen atoms in total. The van der Waals surface area contributed by atoms with Crippen molar-refractivity contribution in [1.82, 2.24) is 5.32 Å². The van der Waals surface area contributed by atoms with E-state index in [4.69, 9.17) is 5.11 Å². The Hall–Kier alpha value is -1.35. The molecule has 0 spiro atoms. The normalized spacial score (nSPS) is 17.5. The van der Waals surface area contributed by atoms with Gasteiger partial charge in [0.25, 0.3) is 0 Å². The fraction of sp³-hybridized carbons (Fsp3) is 0.500. The Morgan fingerprint density at radius 1 is 1.47 bits per heavy atom. The average molecular weight is 233 g/mol. The van der Waals surface area contributed by atoms with E-state index in [1.165, 1.54) is 19.3 Å². The summed E-state index contributed by atoms with van der Waals surface area (Å²) in [7, 11) is 0. The number of hydrogen-bond donors (Lipinski definition) is 2. The van der Waals surface area contributed by atoms with E-state index < -0.39 is 5.97 Å². The predicted molar refractivity (Wildman–Crippen MR) is 67.1 cm³/mol. The second kappa shape index (κ2) is 4.88. The largest absolute Gasteiger partial charge is 0.478 e. The van der Waals surface area contributed by atoms with E-state index in [2.05, 4.69) is 12.2 Å². The zero-order chi connectivity index (χ0) is 12.3. The van der Waals surface area contributed by atoms with Gasteiger partial charge in [-0.15, -0.1) is 0 Å². The molecule has 1 aromatic carbocycles. The zero-order valence-electron chi connectivity index (χ0n) is 10.2. The maximum absolute atomic E-state index is 10.8. The first-order valence-electron chi connectivity index (χ1n) is 6.12. The van der Waals surface area contributed by atoms with Gasteiger partial charge in [0.2, 0.25) is 0 Å². The van der Waals surface area contributed by atoms with Crippen LogP contribution in [0.5, 0.6) is 0 Å². The Kier molecular flexibility index (Phi) is 3.48. The summed E-state index contributed by atoms with van der Waals surface area (Å²) >= 11 is 0. The minimum Gasteiger partial charge on any atom is -0.478 e. The van der Waals surface area contributed by atoms with Gasteiger partial charge in [0.15, 0.2) is 0 Å². The van der Waals surface area contributed by atoms with Crippen LogP contribution in [0.15, 0.2) is 24.3 Å². The molecule has 0 saturated heterocycles. The lowest BCUT2D eigenvalue weighted by Crippen LogP contribution is -2.36. The highest BCUT2D eigenvalue weighted by Gasteiger charge is 2.30. The summed E-state index contributed by atoms with van der Waals surface area (Å²) < 4.78 is 0. The third-order valence-corrected chi connectivity index (χ3v) is 3.62. The average Bonchev–Trinajstić information content (AvgIpc) is 2.27. The van der Waals surface area contributed by atoms with Crippen LogP contribution in [0.2, 0.25) is 0 Å². The van der Waals surface area contributed by atoms with E-state index in [1.54, 1.807) is 18.2 Å². The number of hydrogen-bond acceptors (Lipinski definition) is 2. The third kappa shape index (κ3) is 3.07. The molecule has 1 saturated carbocycles. The minimum atomic E-state index is -0.863. The molecule has 1 aromatic rings. The lowest BCUT2D eigenvalue weighted by atomic mass is 9.70. The molecule has 2 rings (SSSR count). The van der Waals surface area contributed by atoms with Crippen molar-refractivity contribution in [2.45, 2.75) is 32.7 Å². The molecule has 17 heavy (non-hydrogen) atoms. The molecule has 0 atom stereocenters. The summed E-state index contributed by atoms with van der Waals surface area (Å²) in [6.07, 6.45) is 3.94. The van der Waals surface area contributed by atoms with E-state index in [-0.39, 0.29) is 0 Å². The Balaban J connectivity index is 1.86. The highest BCUT2D eigenvalue weighted by molar-refractivity contribution is 5.87. The smallest absolute Gasteiger partial charge is 0.335 e. The van der Waals surface area contributed by atoms with Gasteiger partial charge < -0.3 is 10.4 Å². The van der Waals surface area contributed by atoms with Gasteiger partial charge >= 0.3 is 5.97 Å². The second-order valence-corrected chi connectivity index (χ2v) is 5.27. The van der Waals surface area contributed by atoms with Crippen molar-refractivity contribution >= 4 is 5.97 Å². The van der Waals surface area contributed by atoms with Crippen LogP contribution in [0.4, 0.5) is 0 Å². The van der Waals surface area contributed by atoms with Gasteiger partial charge in [-0.2, -0.15) is 0 Å².